The quantitative estimate of drug-likeness (QED) is 0.584. The molecule has 1 saturated heterocycles. The summed E-state index contributed by atoms with van der Waals surface area (Å²) in [6.45, 7) is 2.49. The van der Waals surface area contributed by atoms with Crippen LogP contribution < -0.4 is 4.74 Å². The van der Waals surface area contributed by atoms with Crippen LogP contribution in [0.15, 0.2) is 18.2 Å². The van der Waals surface area contributed by atoms with E-state index in [1.165, 1.54) is 19.3 Å². The van der Waals surface area contributed by atoms with Gasteiger partial charge in [-0.3, -0.25) is 9.69 Å². The van der Waals surface area contributed by atoms with Crippen LogP contribution in [-0.2, 0) is 20.9 Å². The summed E-state index contributed by atoms with van der Waals surface area (Å²) in [6, 6.07) is 6.06. The van der Waals surface area contributed by atoms with Crippen molar-refractivity contribution in [1.29, 1.82) is 0 Å². The van der Waals surface area contributed by atoms with Crippen molar-refractivity contribution in [3.05, 3.63) is 23.8 Å². The zero-order valence-electron chi connectivity index (χ0n) is 18.8. The number of carboxylic acids is 2. The first-order valence-electron chi connectivity index (χ1n) is 11.0. The lowest BCUT2D eigenvalue weighted by molar-refractivity contribution is -0.159. The number of phenols is 1. The molecule has 9 nitrogen and oxygen atoms in total. The molecule has 32 heavy (non-hydrogen) atoms. The number of aromatic hydroxyl groups is 1. The van der Waals surface area contributed by atoms with Gasteiger partial charge in [0.05, 0.1) is 7.11 Å². The van der Waals surface area contributed by atoms with Crippen LogP contribution in [0.5, 0.6) is 11.5 Å². The fourth-order valence-electron chi connectivity index (χ4n) is 4.38. The monoisotopic (exact) mass is 450 g/mol. The molecule has 1 aliphatic heterocycles. The summed E-state index contributed by atoms with van der Waals surface area (Å²) in [6.07, 6.45) is 7.96. The van der Waals surface area contributed by atoms with Crippen LogP contribution in [0.1, 0.15) is 50.5 Å². The molecule has 0 radical (unpaired) electrons. The number of amides is 1. The molecule has 0 spiro atoms. The van der Waals surface area contributed by atoms with E-state index < -0.39 is 11.9 Å². The number of ether oxygens (including phenoxy) is 1. The third-order valence-electron chi connectivity index (χ3n) is 6.29. The van der Waals surface area contributed by atoms with Crippen molar-refractivity contribution < 1.29 is 34.4 Å². The molecule has 1 heterocycles. The van der Waals surface area contributed by atoms with Gasteiger partial charge >= 0.3 is 11.9 Å². The number of benzene rings is 1. The van der Waals surface area contributed by atoms with Crippen LogP contribution in [0, 0.1) is 5.92 Å². The number of carboxylic acid groups (broad SMARTS) is 2. The van der Waals surface area contributed by atoms with Gasteiger partial charge in [0.1, 0.15) is 0 Å². The van der Waals surface area contributed by atoms with Gasteiger partial charge in [-0.05, 0) is 44.8 Å². The van der Waals surface area contributed by atoms with Gasteiger partial charge in [-0.2, -0.15) is 0 Å². The maximum atomic E-state index is 12.9. The van der Waals surface area contributed by atoms with Crippen molar-refractivity contribution in [3.8, 4) is 11.5 Å². The average molecular weight is 451 g/mol. The molecule has 1 aromatic carbocycles. The highest BCUT2D eigenvalue weighted by molar-refractivity contribution is 6.27. The number of carbonyl (C=O) groups is 3. The van der Waals surface area contributed by atoms with Gasteiger partial charge in [0.2, 0.25) is 5.91 Å². The van der Waals surface area contributed by atoms with E-state index >= 15 is 0 Å². The summed E-state index contributed by atoms with van der Waals surface area (Å²) in [4.78, 5) is 35.4. The Morgan fingerprint density at radius 3 is 2.16 bits per heavy atom. The molecule has 0 atom stereocenters. The number of aliphatic carboxylic acids is 2. The number of rotatable bonds is 5. The lowest BCUT2D eigenvalue weighted by atomic mass is 9.91. The number of carbonyl (C=O) groups excluding carboxylic acids is 1. The minimum Gasteiger partial charge on any atom is -0.504 e. The van der Waals surface area contributed by atoms with Crippen LogP contribution >= 0.6 is 0 Å². The molecule has 1 saturated carbocycles. The molecule has 2 fully saturated rings. The van der Waals surface area contributed by atoms with Crippen molar-refractivity contribution >= 4 is 17.8 Å². The topological polar surface area (TPSA) is 128 Å². The second-order valence-corrected chi connectivity index (χ2v) is 8.37. The van der Waals surface area contributed by atoms with E-state index in [1.54, 1.807) is 13.2 Å². The molecule has 9 heteroatoms. The van der Waals surface area contributed by atoms with E-state index in [4.69, 9.17) is 24.5 Å². The molecule has 3 rings (SSSR count). The van der Waals surface area contributed by atoms with Crippen LogP contribution in [-0.4, -0.2) is 76.3 Å². The lowest BCUT2D eigenvalue weighted by Crippen LogP contribution is -2.45. The highest BCUT2D eigenvalue weighted by Gasteiger charge is 2.30. The molecule has 0 unspecified atom stereocenters. The second kappa shape index (κ2) is 12.3. The molecule has 1 aromatic rings. The van der Waals surface area contributed by atoms with Gasteiger partial charge in [-0.1, -0.05) is 31.4 Å². The predicted octanol–water partition coefficient (Wildman–Crippen LogP) is 2.56. The second-order valence-electron chi connectivity index (χ2n) is 8.37. The van der Waals surface area contributed by atoms with E-state index in [-0.39, 0.29) is 11.7 Å². The Hall–Kier alpha value is -2.81. The van der Waals surface area contributed by atoms with E-state index in [0.717, 1.165) is 44.3 Å². The van der Waals surface area contributed by atoms with Gasteiger partial charge in [-0.25, -0.2) is 9.59 Å². The summed E-state index contributed by atoms with van der Waals surface area (Å²) in [5.74, 6) is -2.42. The summed E-state index contributed by atoms with van der Waals surface area (Å²) in [5.41, 5.74) is 0.883. The van der Waals surface area contributed by atoms with Crippen LogP contribution in [0.25, 0.3) is 0 Å². The lowest BCUT2D eigenvalue weighted by Gasteiger charge is -2.37. The summed E-state index contributed by atoms with van der Waals surface area (Å²) in [7, 11) is 3.57. The van der Waals surface area contributed by atoms with Gasteiger partial charge in [0.25, 0.3) is 0 Å². The van der Waals surface area contributed by atoms with Crippen LogP contribution in [0.2, 0.25) is 0 Å². The van der Waals surface area contributed by atoms with Gasteiger partial charge in [0, 0.05) is 31.1 Å². The average Bonchev–Trinajstić information content (AvgIpc) is 2.81. The Balaban J connectivity index is 0.000000534. The predicted molar refractivity (Wildman–Crippen MR) is 118 cm³/mol. The SMILES string of the molecule is COc1cccc(CN2CCC(C(=O)N(C)C3CCCCC3)CC2)c1O.O=C(O)C(=O)O. The van der Waals surface area contributed by atoms with Gasteiger partial charge in [-0.15, -0.1) is 0 Å². The largest absolute Gasteiger partial charge is 0.504 e. The third kappa shape index (κ3) is 7.12. The van der Waals surface area contributed by atoms with Gasteiger partial charge in [0.15, 0.2) is 11.5 Å². The summed E-state index contributed by atoms with van der Waals surface area (Å²) >= 11 is 0. The summed E-state index contributed by atoms with van der Waals surface area (Å²) in [5, 5.41) is 25.0. The molecule has 178 valence electrons. The Morgan fingerprint density at radius 1 is 1.03 bits per heavy atom. The van der Waals surface area contributed by atoms with E-state index in [9.17, 15) is 9.90 Å². The van der Waals surface area contributed by atoms with Crippen molar-refractivity contribution in [2.75, 3.05) is 27.2 Å². The Kier molecular flexibility index (Phi) is 9.77. The molecular formula is C23H34N2O7. The number of hydrogen-bond acceptors (Lipinski definition) is 6. The number of methoxy groups -OCH3 is 1. The molecular weight excluding hydrogens is 416 g/mol. The molecule has 0 bridgehead atoms. The highest BCUT2D eigenvalue weighted by Crippen LogP contribution is 2.31. The molecule has 1 aliphatic carbocycles. The third-order valence-corrected chi connectivity index (χ3v) is 6.29. The zero-order chi connectivity index (χ0) is 23.7. The maximum Gasteiger partial charge on any atom is 0.414 e. The van der Waals surface area contributed by atoms with Crippen molar-refractivity contribution in [1.82, 2.24) is 9.80 Å². The maximum absolute atomic E-state index is 12.9. The first kappa shape index (κ1) is 25.5. The van der Waals surface area contributed by atoms with Crippen molar-refractivity contribution in [3.63, 3.8) is 0 Å². The zero-order valence-corrected chi connectivity index (χ0v) is 18.8. The fraction of sp³-hybridized carbons (Fsp3) is 0.609. The standard InChI is InChI=1S/C21H32N2O3.C2H2O4/c1-22(18-8-4-3-5-9-18)21(25)16-11-13-23(14-12-16)15-17-7-6-10-19(26-2)20(17)24;3-1(4)2(5)6/h6-7,10,16,18,24H,3-5,8-9,11-15H2,1-2H3;(H,3,4)(H,5,6). The number of hydrogen-bond donors (Lipinski definition) is 3. The number of nitrogens with zero attached hydrogens (tertiary/aromatic N) is 2. The van der Waals surface area contributed by atoms with Crippen molar-refractivity contribution in [2.45, 2.75) is 57.5 Å². The number of para-hydroxylation sites is 1. The van der Waals surface area contributed by atoms with E-state index in [2.05, 4.69) is 4.90 Å². The first-order chi connectivity index (χ1) is 15.2. The smallest absolute Gasteiger partial charge is 0.414 e. The minimum atomic E-state index is -1.82. The molecule has 2 aliphatic rings. The summed E-state index contributed by atoms with van der Waals surface area (Å²) < 4.78 is 5.19. The van der Waals surface area contributed by atoms with Gasteiger partial charge < -0.3 is 25.0 Å². The van der Waals surface area contributed by atoms with E-state index in [1.807, 2.05) is 24.1 Å². The number of piperidine rings is 1. The molecule has 1 amide bonds. The number of phenolic OH excluding ortho intramolecular Hbond substituents is 1. The number of likely N-dealkylation sites (tertiary alicyclic amines) is 1. The normalized spacial score (nSPS) is 17.7. The Bertz CT molecular complexity index is 773. The Labute approximate surface area is 188 Å². The van der Waals surface area contributed by atoms with E-state index in [0.29, 0.717) is 24.2 Å². The first-order valence-corrected chi connectivity index (χ1v) is 11.0. The molecule has 0 aromatic heterocycles. The fourth-order valence-corrected chi connectivity index (χ4v) is 4.38. The minimum absolute atomic E-state index is 0.150. The van der Waals surface area contributed by atoms with Crippen LogP contribution in [0.4, 0.5) is 0 Å². The molecule has 3 N–H and O–H groups in total. The Morgan fingerprint density at radius 2 is 1.62 bits per heavy atom. The van der Waals surface area contributed by atoms with Crippen molar-refractivity contribution in [2.24, 2.45) is 5.92 Å². The highest BCUT2D eigenvalue weighted by atomic mass is 16.5. The van der Waals surface area contributed by atoms with Crippen LogP contribution in [0.3, 0.4) is 0 Å².